The van der Waals surface area contributed by atoms with Crippen LogP contribution in [0, 0.1) is 0 Å². The Labute approximate surface area is 77.7 Å². The van der Waals surface area contributed by atoms with Crippen LogP contribution in [0.5, 0.6) is 0 Å². The molecule has 0 aromatic rings. The van der Waals surface area contributed by atoms with Crippen LogP contribution < -0.4 is 48.4 Å². The van der Waals surface area contributed by atoms with Gasteiger partial charge in [0.15, 0.2) is 0 Å². The molecule has 0 aliphatic carbocycles. The third kappa shape index (κ3) is 97.4. The van der Waals surface area contributed by atoms with Gasteiger partial charge in [-0.3, -0.25) is 0 Å². The van der Waals surface area contributed by atoms with Crippen LogP contribution in [0.1, 0.15) is 0 Å². The van der Waals surface area contributed by atoms with Crippen LogP contribution in [-0.2, 0) is 0 Å². The normalized spacial score (nSPS) is 0. The van der Waals surface area contributed by atoms with Gasteiger partial charge in [-0.1, -0.05) is 0 Å². The molecule has 0 unspecified atom stereocenters. The fourth-order valence-electron chi connectivity index (χ4n) is 0. The fourth-order valence-corrected chi connectivity index (χ4v) is 0. The zero-order chi connectivity index (χ0) is 0. The van der Waals surface area contributed by atoms with Crippen molar-refractivity contribution in [3.63, 3.8) is 0 Å². The van der Waals surface area contributed by atoms with E-state index in [0.29, 0.717) is 0 Å². The summed E-state index contributed by atoms with van der Waals surface area (Å²) < 4.78 is 0. The van der Waals surface area contributed by atoms with Crippen LogP contribution in [0.15, 0.2) is 0 Å². The van der Waals surface area contributed by atoms with E-state index in [0.717, 1.165) is 0 Å². The second kappa shape index (κ2) is 136. The first kappa shape index (κ1) is 204. The molecule has 7 heavy (non-hydrogen) atoms. The summed E-state index contributed by atoms with van der Waals surface area (Å²) in [7, 11) is 0. The van der Waals surface area contributed by atoms with Gasteiger partial charge in [-0.25, -0.2) is 0 Å². The largest absolute Gasteiger partial charge is 3.00 e. The van der Waals surface area contributed by atoms with Crippen molar-refractivity contribution in [2.75, 3.05) is 0 Å². The zero-order valence-electron chi connectivity index (χ0n) is 3.50. The molecule has 0 N–H and O–H groups in total. The summed E-state index contributed by atoms with van der Waals surface area (Å²) in [4.78, 5) is 0. The van der Waals surface area contributed by atoms with Crippen molar-refractivity contribution in [3.8, 4) is 0 Å². The van der Waals surface area contributed by atoms with E-state index in [1.807, 2.05) is 0 Å². The molecule has 0 aliphatic rings. The molecule has 0 aromatic carbocycles. The SMILES string of the molecule is Cl.[Al+3].[F-].[F-].[F-].[F-].[Na+]. The molecule has 0 amide bonds. The Kier molecular flexibility index (Phi) is 3960. The van der Waals surface area contributed by atoms with Gasteiger partial charge in [-0.2, -0.15) is 0 Å². The van der Waals surface area contributed by atoms with E-state index >= 15 is 0 Å². The van der Waals surface area contributed by atoms with Gasteiger partial charge in [0.1, 0.15) is 0 Å². The first-order valence-corrected chi connectivity index (χ1v) is 0. The van der Waals surface area contributed by atoms with Crippen molar-refractivity contribution in [2.45, 2.75) is 0 Å². The minimum atomic E-state index is 0. The Morgan fingerprint density at radius 2 is 0.571 bits per heavy atom. The van der Waals surface area contributed by atoms with Crippen LogP contribution in [0.25, 0.3) is 0 Å². The summed E-state index contributed by atoms with van der Waals surface area (Å²) in [5.74, 6) is 0. The number of halogens is 5. The van der Waals surface area contributed by atoms with Crippen molar-refractivity contribution < 1.29 is 48.4 Å². The van der Waals surface area contributed by atoms with Crippen molar-refractivity contribution in [3.05, 3.63) is 0 Å². The number of rotatable bonds is 0. The van der Waals surface area contributed by atoms with E-state index in [9.17, 15) is 0 Å². The maximum Gasteiger partial charge on any atom is 3.00 e. The van der Waals surface area contributed by atoms with Gasteiger partial charge < -0.3 is 18.8 Å². The Hall–Kier alpha value is 1.54. The predicted molar refractivity (Wildman–Crippen MR) is 13.0 cm³/mol. The molecule has 7 heteroatoms. The quantitative estimate of drug-likeness (QED) is 0.245. The van der Waals surface area contributed by atoms with Crippen molar-refractivity contribution in [1.29, 1.82) is 0 Å². The smallest absolute Gasteiger partial charge is 1.00 e. The summed E-state index contributed by atoms with van der Waals surface area (Å²) in [6.07, 6.45) is 0. The van der Waals surface area contributed by atoms with Gasteiger partial charge in [0, 0.05) is 0 Å². The minimum Gasteiger partial charge on any atom is -1.00 e. The van der Waals surface area contributed by atoms with Crippen LogP contribution in [0.4, 0.5) is 0 Å². The summed E-state index contributed by atoms with van der Waals surface area (Å²) >= 11 is 0. The van der Waals surface area contributed by atoms with E-state index in [4.69, 9.17) is 0 Å². The van der Waals surface area contributed by atoms with Gasteiger partial charge in [-0.05, 0) is 0 Å². The third-order valence-electron chi connectivity index (χ3n) is 0. The molecular weight excluding hydrogens is 161 g/mol. The topological polar surface area (TPSA) is 0 Å². The minimum absolute atomic E-state index is 0. The maximum absolute atomic E-state index is 0. The van der Waals surface area contributed by atoms with E-state index in [2.05, 4.69) is 0 Å². The molecule has 0 radical (unpaired) electrons. The average Bonchev–Trinajstić information content (AvgIpc) is 0. The van der Waals surface area contributed by atoms with Gasteiger partial charge in [-0.15, -0.1) is 12.4 Å². The monoisotopic (exact) mass is 162 g/mol. The summed E-state index contributed by atoms with van der Waals surface area (Å²) in [5, 5.41) is 0. The molecule has 0 bridgehead atoms. The molecule has 0 spiro atoms. The molecule has 0 atom stereocenters. The van der Waals surface area contributed by atoms with Crippen molar-refractivity contribution >= 4 is 29.8 Å². The molecule has 0 aromatic heterocycles. The molecule has 0 heterocycles. The predicted octanol–water partition coefficient (Wildman–Crippen LogP) is -14.9. The van der Waals surface area contributed by atoms with Gasteiger partial charge >= 0.3 is 46.9 Å². The standard InChI is InChI=1S/Al.ClH.4FH.Na/h;5*1H;/q+3;;;;;;+1/p-4. The first-order valence-electron chi connectivity index (χ1n) is 0. The molecule has 40 valence electrons. The van der Waals surface area contributed by atoms with E-state index in [-0.39, 0.29) is 78.1 Å². The summed E-state index contributed by atoms with van der Waals surface area (Å²) in [6, 6.07) is 0. The third-order valence-corrected chi connectivity index (χ3v) is 0. The van der Waals surface area contributed by atoms with Gasteiger partial charge in [0.05, 0.1) is 0 Å². The Morgan fingerprint density at radius 1 is 0.571 bits per heavy atom. The summed E-state index contributed by atoms with van der Waals surface area (Å²) in [5.41, 5.74) is 0. The average molecular weight is 162 g/mol. The first-order chi connectivity index (χ1) is 0. The van der Waals surface area contributed by atoms with E-state index < -0.39 is 0 Å². The maximum atomic E-state index is 0. The summed E-state index contributed by atoms with van der Waals surface area (Å²) in [6.45, 7) is 0. The van der Waals surface area contributed by atoms with Crippen LogP contribution in [-0.4, -0.2) is 17.4 Å². The molecule has 0 saturated carbocycles. The van der Waals surface area contributed by atoms with Crippen molar-refractivity contribution in [2.24, 2.45) is 0 Å². The molecule has 0 aliphatic heterocycles. The second-order valence-corrected chi connectivity index (χ2v) is 0. The second-order valence-electron chi connectivity index (χ2n) is 0. The van der Waals surface area contributed by atoms with E-state index in [1.165, 1.54) is 0 Å². The van der Waals surface area contributed by atoms with Crippen LogP contribution >= 0.6 is 12.4 Å². The fraction of sp³-hybridized carbons (Fsp3) is 0. The van der Waals surface area contributed by atoms with E-state index in [1.54, 1.807) is 0 Å². The Balaban J connectivity index is 0. The molecule has 0 saturated heterocycles. The number of hydrogen-bond acceptors (Lipinski definition) is 0. The molecular formula is HAlClF4Na. The van der Waals surface area contributed by atoms with Crippen molar-refractivity contribution in [1.82, 2.24) is 0 Å². The van der Waals surface area contributed by atoms with Crippen LogP contribution in [0.3, 0.4) is 0 Å². The van der Waals surface area contributed by atoms with Crippen LogP contribution in [0.2, 0.25) is 0 Å². The Bertz CT molecular complexity index is 11.7. The Morgan fingerprint density at radius 3 is 0.571 bits per heavy atom. The van der Waals surface area contributed by atoms with Gasteiger partial charge in [0.25, 0.3) is 0 Å². The van der Waals surface area contributed by atoms with Gasteiger partial charge in [0.2, 0.25) is 0 Å². The molecule has 0 rings (SSSR count). The number of hydrogen-bond donors (Lipinski definition) is 0. The zero-order valence-corrected chi connectivity index (χ0v) is 7.47. The molecule has 0 nitrogen and oxygen atoms in total. The molecule has 0 fully saturated rings.